The summed E-state index contributed by atoms with van der Waals surface area (Å²) in [6, 6.07) is 20.7. The van der Waals surface area contributed by atoms with Crippen LogP contribution in [-0.4, -0.2) is 29.0 Å². The molecule has 0 spiro atoms. The molecule has 3 aromatic carbocycles. The summed E-state index contributed by atoms with van der Waals surface area (Å²) in [5.74, 6) is 0.623. The van der Waals surface area contributed by atoms with Gasteiger partial charge in [0.05, 0.1) is 18.1 Å². The highest BCUT2D eigenvalue weighted by molar-refractivity contribution is 5.97. The number of aromatic nitrogens is 2. The molecule has 0 fully saturated rings. The summed E-state index contributed by atoms with van der Waals surface area (Å²) < 4.78 is 5.51. The first-order chi connectivity index (χ1) is 15.0. The molecule has 0 aliphatic rings. The van der Waals surface area contributed by atoms with E-state index in [0.29, 0.717) is 16.7 Å². The fourth-order valence-electron chi connectivity index (χ4n) is 3.50. The van der Waals surface area contributed by atoms with E-state index < -0.39 is 6.04 Å². The number of carbonyl (C=O) groups is 1. The molecule has 4 rings (SSSR count). The van der Waals surface area contributed by atoms with Crippen LogP contribution >= 0.6 is 0 Å². The summed E-state index contributed by atoms with van der Waals surface area (Å²) >= 11 is 0. The molecule has 1 aromatic heterocycles. The predicted molar refractivity (Wildman–Crippen MR) is 123 cm³/mol. The maximum Gasteiger partial charge on any atom is 0.323 e. The Morgan fingerprint density at radius 1 is 0.968 bits per heavy atom. The minimum Gasteiger partial charge on any atom is -0.496 e. The maximum atomic E-state index is 12.7. The lowest BCUT2D eigenvalue weighted by atomic mass is 10.0. The standard InChI is InChI=1S/C24H24N4O3/c1-15(23(29)26-19-8-10-20-21(14-19)28-24(30)27-20)25-18-9-11-22(31-2)17(13-18)12-16-6-4-3-5-7-16/h3-11,13-15,25H,12H2,1-2H3,(H,26,29)(H2,27,28,30)/t15-/m0/s1. The molecule has 0 saturated heterocycles. The largest absolute Gasteiger partial charge is 0.496 e. The number of imidazole rings is 1. The van der Waals surface area contributed by atoms with Crippen LogP contribution in [0.2, 0.25) is 0 Å². The van der Waals surface area contributed by atoms with Crippen LogP contribution in [0.25, 0.3) is 11.0 Å². The lowest BCUT2D eigenvalue weighted by Gasteiger charge is -2.17. The van der Waals surface area contributed by atoms with Gasteiger partial charge in [0.15, 0.2) is 0 Å². The van der Waals surface area contributed by atoms with Crippen molar-refractivity contribution in [2.45, 2.75) is 19.4 Å². The number of fused-ring (bicyclic) bond motifs is 1. The molecule has 0 radical (unpaired) electrons. The molecule has 0 saturated carbocycles. The van der Waals surface area contributed by atoms with Gasteiger partial charge in [0.2, 0.25) is 5.91 Å². The van der Waals surface area contributed by atoms with Gasteiger partial charge in [-0.05, 0) is 48.9 Å². The Hall–Kier alpha value is -4.00. The summed E-state index contributed by atoms with van der Waals surface area (Å²) in [4.78, 5) is 29.5. The highest BCUT2D eigenvalue weighted by Crippen LogP contribution is 2.26. The highest BCUT2D eigenvalue weighted by atomic mass is 16.5. The van der Waals surface area contributed by atoms with E-state index in [9.17, 15) is 9.59 Å². The normalized spacial score (nSPS) is 11.8. The van der Waals surface area contributed by atoms with Gasteiger partial charge in [-0.15, -0.1) is 0 Å². The van der Waals surface area contributed by atoms with E-state index in [1.54, 1.807) is 32.2 Å². The number of carbonyl (C=O) groups excluding carboxylic acids is 1. The molecule has 1 amide bonds. The van der Waals surface area contributed by atoms with E-state index in [-0.39, 0.29) is 11.6 Å². The van der Waals surface area contributed by atoms with Gasteiger partial charge in [0, 0.05) is 23.4 Å². The van der Waals surface area contributed by atoms with E-state index in [1.165, 1.54) is 5.56 Å². The SMILES string of the molecule is COc1ccc(N[C@@H](C)C(=O)Nc2ccc3[nH]c(=O)[nH]c3c2)cc1Cc1ccccc1. The third-order valence-electron chi connectivity index (χ3n) is 5.08. The Morgan fingerprint density at radius 3 is 2.48 bits per heavy atom. The lowest BCUT2D eigenvalue weighted by molar-refractivity contribution is -0.116. The zero-order valence-electron chi connectivity index (χ0n) is 17.4. The summed E-state index contributed by atoms with van der Waals surface area (Å²) in [6.07, 6.45) is 0.731. The van der Waals surface area contributed by atoms with Gasteiger partial charge in [0.25, 0.3) is 0 Å². The number of hydrogen-bond acceptors (Lipinski definition) is 4. The number of nitrogens with one attached hydrogen (secondary N) is 4. The third-order valence-corrected chi connectivity index (χ3v) is 5.08. The number of methoxy groups -OCH3 is 1. The molecule has 1 atom stereocenters. The first-order valence-corrected chi connectivity index (χ1v) is 10.0. The first-order valence-electron chi connectivity index (χ1n) is 10.0. The fourth-order valence-corrected chi connectivity index (χ4v) is 3.50. The number of benzene rings is 3. The number of H-pyrrole nitrogens is 2. The Morgan fingerprint density at radius 2 is 1.71 bits per heavy atom. The number of ether oxygens (including phenoxy) is 1. The third kappa shape index (κ3) is 4.78. The summed E-state index contributed by atoms with van der Waals surface area (Å²) in [7, 11) is 1.65. The highest BCUT2D eigenvalue weighted by Gasteiger charge is 2.15. The molecule has 0 aliphatic heterocycles. The Bertz CT molecular complexity index is 1260. The molecule has 7 heteroatoms. The van der Waals surface area contributed by atoms with E-state index in [2.05, 4.69) is 32.7 Å². The number of amides is 1. The van der Waals surface area contributed by atoms with Gasteiger partial charge in [-0.2, -0.15) is 0 Å². The Kier molecular flexibility index (Phi) is 5.75. The quantitative estimate of drug-likeness (QED) is 0.367. The van der Waals surface area contributed by atoms with E-state index in [4.69, 9.17) is 4.74 Å². The second-order valence-electron chi connectivity index (χ2n) is 7.38. The van der Waals surface area contributed by atoms with Gasteiger partial charge in [-0.3, -0.25) is 4.79 Å². The number of hydrogen-bond donors (Lipinski definition) is 4. The van der Waals surface area contributed by atoms with Crippen molar-refractivity contribution in [1.29, 1.82) is 0 Å². The van der Waals surface area contributed by atoms with Gasteiger partial charge in [0.1, 0.15) is 11.8 Å². The summed E-state index contributed by atoms with van der Waals surface area (Å²) in [5, 5.41) is 6.13. The monoisotopic (exact) mass is 416 g/mol. The average Bonchev–Trinajstić information content (AvgIpc) is 3.14. The van der Waals surface area contributed by atoms with Crippen molar-refractivity contribution in [1.82, 2.24) is 9.97 Å². The van der Waals surface area contributed by atoms with Crippen molar-refractivity contribution in [2.75, 3.05) is 17.7 Å². The zero-order chi connectivity index (χ0) is 21.8. The Labute approximate surface area is 179 Å². The average molecular weight is 416 g/mol. The molecular weight excluding hydrogens is 392 g/mol. The van der Waals surface area contributed by atoms with Crippen LogP contribution in [0.3, 0.4) is 0 Å². The van der Waals surface area contributed by atoms with Crippen molar-refractivity contribution in [2.24, 2.45) is 0 Å². The minimum atomic E-state index is -0.473. The maximum absolute atomic E-state index is 12.7. The lowest BCUT2D eigenvalue weighted by Crippen LogP contribution is -2.31. The summed E-state index contributed by atoms with van der Waals surface area (Å²) in [5.41, 5.74) is 4.72. The number of anilines is 2. The van der Waals surface area contributed by atoms with Crippen LogP contribution in [0.1, 0.15) is 18.1 Å². The van der Waals surface area contributed by atoms with Crippen molar-refractivity contribution >= 4 is 28.3 Å². The molecule has 31 heavy (non-hydrogen) atoms. The molecular formula is C24H24N4O3. The van der Waals surface area contributed by atoms with Gasteiger partial charge >= 0.3 is 5.69 Å². The number of aromatic amines is 2. The predicted octanol–water partition coefficient (Wildman–Crippen LogP) is 3.89. The topological polar surface area (TPSA) is 99.0 Å². The van der Waals surface area contributed by atoms with Crippen molar-refractivity contribution in [3.05, 3.63) is 88.3 Å². The van der Waals surface area contributed by atoms with Crippen LogP contribution in [0.15, 0.2) is 71.5 Å². The van der Waals surface area contributed by atoms with Gasteiger partial charge in [-0.25, -0.2) is 4.79 Å². The van der Waals surface area contributed by atoms with Crippen LogP contribution in [0.4, 0.5) is 11.4 Å². The zero-order valence-corrected chi connectivity index (χ0v) is 17.4. The first kappa shape index (κ1) is 20.3. The van der Waals surface area contributed by atoms with Crippen LogP contribution in [-0.2, 0) is 11.2 Å². The van der Waals surface area contributed by atoms with Crippen molar-refractivity contribution in [3.8, 4) is 5.75 Å². The van der Waals surface area contributed by atoms with Crippen LogP contribution in [0.5, 0.6) is 5.75 Å². The van der Waals surface area contributed by atoms with Gasteiger partial charge in [-0.1, -0.05) is 30.3 Å². The fraction of sp³-hybridized carbons (Fsp3) is 0.167. The summed E-state index contributed by atoms with van der Waals surface area (Å²) in [6.45, 7) is 1.80. The smallest absolute Gasteiger partial charge is 0.323 e. The van der Waals surface area contributed by atoms with Crippen molar-refractivity contribution in [3.63, 3.8) is 0 Å². The molecule has 158 valence electrons. The molecule has 1 heterocycles. The molecule has 0 bridgehead atoms. The molecule has 4 N–H and O–H groups in total. The molecule has 7 nitrogen and oxygen atoms in total. The molecule has 0 unspecified atom stereocenters. The second kappa shape index (κ2) is 8.79. The minimum absolute atomic E-state index is 0.183. The number of rotatable bonds is 7. The molecule has 0 aliphatic carbocycles. The Balaban J connectivity index is 1.46. The van der Waals surface area contributed by atoms with E-state index in [1.807, 2.05) is 36.4 Å². The molecule has 4 aromatic rings. The van der Waals surface area contributed by atoms with Crippen LogP contribution in [0, 0.1) is 0 Å². The van der Waals surface area contributed by atoms with Crippen molar-refractivity contribution < 1.29 is 9.53 Å². The van der Waals surface area contributed by atoms with Gasteiger partial charge < -0.3 is 25.3 Å². The van der Waals surface area contributed by atoms with E-state index in [0.717, 1.165) is 23.4 Å². The second-order valence-corrected chi connectivity index (χ2v) is 7.38. The van der Waals surface area contributed by atoms with Crippen LogP contribution < -0.4 is 21.1 Å². The van der Waals surface area contributed by atoms with E-state index >= 15 is 0 Å².